The Morgan fingerprint density at radius 3 is 1.76 bits per heavy atom. The molecule has 5 nitrogen and oxygen atoms in total. The number of sulfonamides is 1. The second-order valence-corrected chi connectivity index (χ2v) is 8.55. The molecular formula is C18H14F9NO4S. The lowest BCUT2D eigenvalue weighted by Gasteiger charge is -2.33. The SMILES string of the molecule is O=S(=O)(c1cccc(CO)c1)N(CC(F)(F)F)c1ccc(C(O)(C(F)(F)F)C(F)(F)F)cc1. The van der Waals surface area contributed by atoms with E-state index in [0.29, 0.717) is 0 Å². The Balaban J connectivity index is 2.63. The molecule has 0 aliphatic rings. The highest BCUT2D eigenvalue weighted by Crippen LogP contribution is 2.50. The first kappa shape index (κ1) is 26.7. The molecule has 0 saturated carbocycles. The third-order valence-electron chi connectivity index (χ3n) is 4.39. The maximum Gasteiger partial charge on any atom is 0.430 e. The summed E-state index contributed by atoms with van der Waals surface area (Å²) in [6.45, 7) is -2.83. The number of benzene rings is 2. The van der Waals surface area contributed by atoms with Crippen molar-refractivity contribution in [3.63, 3.8) is 0 Å². The van der Waals surface area contributed by atoms with Crippen molar-refractivity contribution in [2.75, 3.05) is 10.8 Å². The van der Waals surface area contributed by atoms with E-state index >= 15 is 0 Å². The van der Waals surface area contributed by atoms with Crippen LogP contribution in [0.4, 0.5) is 45.2 Å². The molecule has 0 fully saturated rings. The number of rotatable bonds is 6. The molecule has 0 unspecified atom stereocenters. The van der Waals surface area contributed by atoms with Crippen LogP contribution in [0.5, 0.6) is 0 Å². The third kappa shape index (κ3) is 5.35. The fourth-order valence-corrected chi connectivity index (χ4v) is 4.29. The van der Waals surface area contributed by atoms with Crippen LogP contribution in [0.25, 0.3) is 0 Å². The maximum atomic E-state index is 13.1. The van der Waals surface area contributed by atoms with Gasteiger partial charge in [0.15, 0.2) is 0 Å². The highest BCUT2D eigenvalue weighted by molar-refractivity contribution is 7.92. The van der Waals surface area contributed by atoms with Crippen molar-refractivity contribution in [1.82, 2.24) is 0 Å². The number of aliphatic hydroxyl groups excluding tert-OH is 1. The molecule has 2 rings (SSSR count). The molecule has 15 heteroatoms. The summed E-state index contributed by atoms with van der Waals surface area (Å²) >= 11 is 0. The monoisotopic (exact) mass is 511 g/mol. The summed E-state index contributed by atoms with van der Waals surface area (Å²) < 4.78 is 143. The largest absolute Gasteiger partial charge is 0.430 e. The van der Waals surface area contributed by atoms with Crippen LogP contribution < -0.4 is 4.31 Å². The zero-order valence-corrected chi connectivity index (χ0v) is 16.8. The molecule has 33 heavy (non-hydrogen) atoms. The predicted octanol–water partition coefficient (Wildman–Crippen LogP) is 4.25. The number of halogens is 9. The molecule has 0 aromatic heterocycles. The summed E-state index contributed by atoms with van der Waals surface area (Å²) in [5.74, 6) is 0. The van der Waals surface area contributed by atoms with E-state index in [4.69, 9.17) is 5.11 Å². The maximum absolute atomic E-state index is 13.1. The normalized spacial score (nSPS) is 13.8. The van der Waals surface area contributed by atoms with Crippen LogP contribution in [0.15, 0.2) is 53.4 Å². The van der Waals surface area contributed by atoms with E-state index in [2.05, 4.69) is 0 Å². The van der Waals surface area contributed by atoms with Gasteiger partial charge in [0, 0.05) is 5.56 Å². The first-order chi connectivity index (χ1) is 14.8. The van der Waals surface area contributed by atoms with E-state index in [1.165, 1.54) is 6.07 Å². The van der Waals surface area contributed by atoms with Crippen molar-refractivity contribution in [2.24, 2.45) is 0 Å². The quantitative estimate of drug-likeness (QED) is 0.569. The Morgan fingerprint density at radius 1 is 0.818 bits per heavy atom. The van der Waals surface area contributed by atoms with Gasteiger partial charge >= 0.3 is 18.5 Å². The third-order valence-corrected chi connectivity index (χ3v) is 6.16. The van der Waals surface area contributed by atoms with Gasteiger partial charge in [-0.05, 0) is 29.8 Å². The van der Waals surface area contributed by atoms with Gasteiger partial charge in [0.05, 0.1) is 17.2 Å². The first-order valence-electron chi connectivity index (χ1n) is 8.60. The molecule has 0 aliphatic carbocycles. The zero-order valence-electron chi connectivity index (χ0n) is 16.0. The van der Waals surface area contributed by atoms with Crippen LogP contribution in [0.1, 0.15) is 11.1 Å². The molecule has 0 saturated heterocycles. The first-order valence-corrected chi connectivity index (χ1v) is 10.0. The standard InChI is InChI=1S/C18H14F9NO4S/c19-15(20,21)10-28(33(31,32)14-3-1-2-11(8-14)9-29)13-6-4-12(5-7-13)16(30,17(22,23)24)18(25,26)27/h1-8,29-30H,9-10H2. The number of hydrogen-bond acceptors (Lipinski definition) is 4. The van der Waals surface area contributed by atoms with Gasteiger partial charge in [0.2, 0.25) is 0 Å². The van der Waals surface area contributed by atoms with Gasteiger partial charge in [0.25, 0.3) is 15.6 Å². The summed E-state index contributed by atoms with van der Waals surface area (Å²) in [5, 5.41) is 18.5. The number of aliphatic hydroxyl groups is 2. The van der Waals surface area contributed by atoms with Gasteiger partial charge in [-0.15, -0.1) is 0 Å². The van der Waals surface area contributed by atoms with Crippen molar-refractivity contribution in [3.8, 4) is 0 Å². The van der Waals surface area contributed by atoms with Gasteiger partial charge in [-0.2, -0.15) is 39.5 Å². The summed E-state index contributed by atoms with van der Waals surface area (Å²) in [7, 11) is -5.03. The van der Waals surface area contributed by atoms with Crippen molar-refractivity contribution < 1.29 is 58.1 Å². The van der Waals surface area contributed by atoms with Crippen molar-refractivity contribution in [1.29, 1.82) is 0 Å². The summed E-state index contributed by atoms with van der Waals surface area (Å²) in [6, 6.07) is 4.71. The van der Waals surface area contributed by atoms with Gasteiger partial charge in [-0.3, -0.25) is 4.31 Å². The minimum atomic E-state index is -6.24. The molecule has 0 amide bonds. The van der Waals surface area contributed by atoms with E-state index in [-0.39, 0.29) is 34.1 Å². The number of hydrogen-bond donors (Lipinski definition) is 2. The van der Waals surface area contributed by atoms with E-state index in [1.54, 1.807) is 0 Å². The smallest absolute Gasteiger partial charge is 0.392 e. The Labute approximate surface area is 180 Å². The van der Waals surface area contributed by atoms with Crippen molar-refractivity contribution in [2.45, 2.75) is 35.6 Å². The van der Waals surface area contributed by atoms with E-state index in [0.717, 1.165) is 18.2 Å². The van der Waals surface area contributed by atoms with Crippen LogP contribution in [0, 0.1) is 0 Å². The molecule has 2 aromatic carbocycles. The molecule has 2 aromatic rings. The molecular weight excluding hydrogens is 497 g/mol. The van der Waals surface area contributed by atoms with Crippen molar-refractivity contribution in [3.05, 3.63) is 59.7 Å². The fourth-order valence-electron chi connectivity index (χ4n) is 2.77. The van der Waals surface area contributed by atoms with E-state index < -0.39 is 63.5 Å². The Bertz CT molecular complexity index is 1060. The fraction of sp³-hybridized carbons (Fsp3) is 0.333. The van der Waals surface area contributed by atoms with E-state index in [1.807, 2.05) is 0 Å². The molecule has 0 radical (unpaired) electrons. The molecule has 0 aliphatic heterocycles. The van der Waals surface area contributed by atoms with E-state index in [9.17, 15) is 53.0 Å². The average Bonchev–Trinajstić information content (AvgIpc) is 2.69. The second kappa shape index (κ2) is 8.68. The molecule has 2 N–H and O–H groups in total. The minimum Gasteiger partial charge on any atom is -0.392 e. The number of anilines is 1. The van der Waals surface area contributed by atoms with Crippen molar-refractivity contribution >= 4 is 15.7 Å². The highest BCUT2D eigenvalue weighted by atomic mass is 32.2. The molecule has 0 bridgehead atoms. The van der Waals surface area contributed by atoms with Crippen LogP contribution in [0.3, 0.4) is 0 Å². The van der Waals surface area contributed by atoms with Gasteiger partial charge in [0.1, 0.15) is 6.54 Å². The van der Waals surface area contributed by atoms with Gasteiger partial charge in [-0.25, -0.2) is 8.42 Å². The lowest BCUT2D eigenvalue weighted by molar-refractivity contribution is -0.376. The summed E-state index contributed by atoms with van der Waals surface area (Å²) in [5.41, 5.74) is -8.03. The summed E-state index contributed by atoms with van der Waals surface area (Å²) in [6.07, 6.45) is -17.6. The predicted molar refractivity (Wildman–Crippen MR) is 95.4 cm³/mol. The Morgan fingerprint density at radius 2 is 1.33 bits per heavy atom. The topological polar surface area (TPSA) is 77.8 Å². The van der Waals surface area contributed by atoms with Crippen LogP contribution in [0.2, 0.25) is 0 Å². The molecule has 184 valence electrons. The average molecular weight is 511 g/mol. The van der Waals surface area contributed by atoms with Crippen LogP contribution in [-0.4, -0.2) is 43.7 Å². The zero-order chi connectivity index (χ0) is 25.5. The Kier molecular flexibility index (Phi) is 7.03. The van der Waals surface area contributed by atoms with Gasteiger partial charge in [-0.1, -0.05) is 24.3 Å². The van der Waals surface area contributed by atoms with Gasteiger partial charge < -0.3 is 10.2 Å². The highest BCUT2D eigenvalue weighted by Gasteiger charge is 2.71. The van der Waals surface area contributed by atoms with Crippen LogP contribution >= 0.6 is 0 Å². The number of alkyl halides is 9. The second-order valence-electron chi connectivity index (χ2n) is 6.69. The Hall–Kier alpha value is -2.52. The van der Waals surface area contributed by atoms with Crippen LogP contribution in [-0.2, 0) is 22.2 Å². The lowest BCUT2D eigenvalue weighted by Crippen LogP contribution is -2.53. The minimum absolute atomic E-state index is 0.0128. The molecule has 0 spiro atoms. The lowest BCUT2D eigenvalue weighted by atomic mass is 9.92. The summed E-state index contributed by atoms with van der Waals surface area (Å²) in [4.78, 5) is -0.718. The molecule has 0 heterocycles. The molecule has 0 atom stereocenters. The number of nitrogens with zero attached hydrogens (tertiary/aromatic N) is 1.